The third-order valence-corrected chi connectivity index (χ3v) is 3.63. The Kier molecular flexibility index (Phi) is 5.60. The molecular weight excluding hydrogens is 369 g/mol. The van der Waals surface area contributed by atoms with Gasteiger partial charge in [0.2, 0.25) is 0 Å². The van der Waals surface area contributed by atoms with Gasteiger partial charge in [0, 0.05) is 16.1 Å². The van der Waals surface area contributed by atoms with E-state index in [1.54, 1.807) is 18.2 Å². The third kappa shape index (κ3) is 4.47. The fourth-order valence-corrected chi connectivity index (χ4v) is 2.31. The van der Waals surface area contributed by atoms with Crippen molar-refractivity contribution in [3.63, 3.8) is 0 Å². The van der Waals surface area contributed by atoms with Crippen LogP contribution in [0.2, 0.25) is 10.0 Å². The Bertz CT molecular complexity index is 935. The summed E-state index contributed by atoms with van der Waals surface area (Å²) >= 11 is 11.8. The predicted octanol–water partition coefficient (Wildman–Crippen LogP) is 4.15. The summed E-state index contributed by atoms with van der Waals surface area (Å²) in [7, 11) is 0. The first-order valence-corrected chi connectivity index (χ1v) is 7.43. The molecule has 0 bridgehead atoms. The molecule has 0 fully saturated rings. The number of nitrogens with zero attached hydrogens (tertiary/aromatic N) is 2. The van der Waals surface area contributed by atoms with E-state index in [-0.39, 0.29) is 22.0 Å². The molecule has 2 aromatic rings. The van der Waals surface area contributed by atoms with E-state index in [2.05, 4.69) is 5.32 Å². The number of phenolic OH excluding ortho intramolecular Hbond substituents is 1. The van der Waals surface area contributed by atoms with Crippen LogP contribution in [-0.4, -0.2) is 15.9 Å². The fourth-order valence-electron chi connectivity index (χ4n) is 1.85. The Balaban J connectivity index is 2.28. The summed E-state index contributed by atoms with van der Waals surface area (Å²) in [5, 5.41) is 32.5. The van der Waals surface area contributed by atoms with Crippen molar-refractivity contribution in [3.05, 3.63) is 67.7 Å². The first kappa shape index (κ1) is 18.3. The van der Waals surface area contributed by atoms with Gasteiger partial charge >= 0.3 is 0 Å². The molecule has 25 heavy (non-hydrogen) atoms. The fraction of sp³-hybridized carbons (Fsp3) is 0. The predicted molar refractivity (Wildman–Crippen MR) is 93.4 cm³/mol. The molecule has 0 unspecified atom stereocenters. The molecule has 2 aromatic carbocycles. The van der Waals surface area contributed by atoms with Crippen molar-refractivity contribution >= 4 is 46.6 Å². The summed E-state index contributed by atoms with van der Waals surface area (Å²) in [5.41, 5.74) is -0.272. The number of amides is 1. The van der Waals surface area contributed by atoms with Crippen LogP contribution in [0.4, 0.5) is 11.4 Å². The second kappa shape index (κ2) is 7.66. The molecular formula is C16H9Cl2N3O4. The number of rotatable bonds is 4. The van der Waals surface area contributed by atoms with Gasteiger partial charge in [0.05, 0.1) is 16.7 Å². The molecule has 0 spiro atoms. The lowest BCUT2D eigenvalue weighted by Crippen LogP contribution is -2.13. The zero-order chi connectivity index (χ0) is 18.6. The van der Waals surface area contributed by atoms with Crippen molar-refractivity contribution in [3.8, 4) is 11.8 Å². The van der Waals surface area contributed by atoms with E-state index in [1.807, 2.05) is 0 Å². The maximum Gasteiger partial charge on any atom is 0.273 e. The van der Waals surface area contributed by atoms with E-state index in [1.165, 1.54) is 12.1 Å². The summed E-state index contributed by atoms with van der Waals surface area (Å²) < 4.78 is 0. The monoisotopic (exact) mass is 377 g/mol. The van der Waals surface area contributed by atoms with Gasteiger partial charge in [0.25, 0.3) is 11.6 Å². The van der Waals surface area contributed by atoms with Crippen LogP contribution in [0, 0.1) is 21.4 Å². The number of non-ortho nitro benzene ring substituents is 1. The third-order valence-electron chi connectivity index (χ3n) is 3.07. The number of nitriles is 1. The molecule has 0 saturated carbocycles. The number of phenols is 1. The quantitative estimate of drug-likeness (QED) is 0.273. The van der Waals surface area contributed by atoms with Crippen molar-refractivity contribution in [1.29, 1.82) is 5.26 Å². The van der Waals surface area contributed by atoms with Crippen molar-refractivity contribution < 1.29 is 14.8 Å². The van der Waals surface area contributed by atoms with Gasteiger partial charge in [-0.05, 0) is 29.8 Å². The second-order valence-corrected chi connectivity index (χ2v) is 5.59. The van der Waals surface area contributed by atoms with Crippen LogP contribution in [0.25, 0.3) is 6.08 Å². The number of aromatic hydroxyl groups is 1. The maximum absolute atomic E-state index is 12.2. The Labute approximate surface area is 151 Å². The summed E-state index contributed by atoms with van der Waals surface area (Å²) in [6.07, 6.45) is 1.26. The number of hydrogen-bond donors (Lipinski definition) is 2. The minimum Gasteiger partial charge on any atom is -0.506 e. The van der Waals surface area contributed by atoms with E-state index in [4.69, 9.17) is 28.5 Å². The van der Waals surface area contributed by atoms with E-state index in [9.17, 15) is 20.0 Å². The topological polar surface area (TPSA) is 116 Å². The van der Waals surface area contributed by atoms with Crippen LogP contribution in [0.1, 0.15) is 5.56 Å². The van der Waals surface area contributed by atoms with Gasteiger partial charge in [-0.25, -0.2) is 0 Å². The average Bonchev–Trinajstić information content (AvgIpc) is 2.55. The highest BCUT2D eigenvalue weighted by Gasteiger charge is 2.15. The largest absolute Gasteiger partial charge is 0.506 e. The van der Waals surface area contributed by atoms with Gasteiger partial charge < -0.3 is 10.4 Å². The van der Waals surface area contributed by atoms with Crippen molar-refractivity contribution in [2.45, 2.75) is 0 Å². The van der Waals surface area contributed by atoms with Crippen LogP contribution >= 0.6 is 23.2 Å². The molecule has 0 aliphatic heterocycles. The molecule has 7 nitrogen and oxygen atoms in total. The zero-order valence-corrected chi connectivity index (χ0v) is 13.9. The van der Waals surface area contributed by atoms with Crippen LogP contribution < -0.4 is 5.32 Å². The van der Waals surface area contributed by atoms with Gasteiger partial charge in [-0.15, -0.1) is 0 Å². The maximum atomic E-state index is 12.2. The summed E-state index contributed by atoms with van der Waals surface area (Å²) in [6, 6.07) is 9.45. The molecule has 0 heterocycles. The first-order chi connectivity index (χ1) is 11.8. The Morgan fingerprint density at radius 2 is 2.00 bits per heavy atom. The van der Waals surface area contributed by atoms with Gasteiger partial charge in [-0.3, -0.25) is 14.9 Å². The lowest BCUT2D eigenvalue weighted by Gasteiger charge is -2.07. The Morgan fingerprint density at radius 3 is 2.56 bits per heavy atom. The van der Waals surface area contributed by atoms with Crippen molar-refractivity contribution in [2.24, 2.45) is 0 Å². The van der Waals surface area contributed by atoms with Crippen LogP contribution in [0.5, 0.6) is 5.75 Å². The number of halogens is 2. The Hall–Kier alpha value is -3.08. The summed E-state index contributed by atoms with van der Waals surface area (Å²) in [4.78, 5) is 22.1. The minimum absolute atomic E-state index is 0.0704. The molecule has 0 saturated heterocycles. The summed E-state index contributed by atoms with van der Waals surface area (Å²) in [6.45, 7) is 0. The van der Waals surface area contributed by atoms with E-state index in [0.717, 1.165) is 18.2 Å². The highest BCUT2D eigenvalue weighted by Crippen LogP contribution is 2.28. The van der Waals surface area contributed by atoms with E-state index >= 15 is 0 Å². The lowest BCUT2D eigenvalue weighted by molar-refractivity contribution is -0.384. The van der Waals surface area contributed by atoms with Gasteiger partial charge in [0.1, 0.15) is 17.4 Å². The standard InChI is InChI=1S/C16H9Cl2N3O4/c17-11-2-1-9(13(18)6-11)5-10(8-19)16(23)20-14-4-3-12(21(24)25)7-15(14)22/h1-7,22H,(H,20,23). The zero-order valence-electron chi connectivity index (χ0n) is 12.4. The van der Waals surface area contributed by atoms with Gasteiger partial charge in [-0.1, -0.05) is 29.3 Å². The van der Waals surface area contributed by atoms with Crippen molar-refractivity contribution in [1.82, 2.24) is 0 Å². The van der Waals surface area contributed by atoms with E-state index < -0.39 is 16.6 Å². The normalized spacial score (nSPS) is 10.8. The molecule has 0 aliphatic rings. The number of carbonyl (C=O) groups excluding carboxylic acids is 1. The number of carbonyl (C=O) groups is 1. The molecule has 1 amide bonds. The average molecular weight is 378 g/mol. The van der Waals surface area contributed by atoms with E-state index in [0.29, 0.717) is 10.6 Å². The number of nitro groups is 1. The number of nitrogens with one attached hydrogen (secondary N) is 1. The first-order valence-electron chi connectivity index (χ1n) is 6.67. The molecule has 2 N–H and O–H groups in total. The molecule has 0 aromatic heterocycles. The highest BCUT2D eigenvalue weighted by molar-refractivity contribution is 6.35. The number of anilines is 1. The molecule has 0 atom stereocenters. The van der Waals surface area contributed by atoms with Gasteiger partial charge in [0.15, 0.2) is 0 Å². The summed E-state index contributed by atoms with van der Waals surface area (Å²) in [5.74, 6) is -1.30. The van der Waals surface area contributed by atoms with Gasteiger partial charge in [-0.2, -0.15) is 5.26 Å². The molecule has 2 rings (SSSR count). The van der Waals surface area contributed by atoms with Crippen LogP contribution in [0.3, 0.4) is 0 Å². The molecule has 126 valence electrons. The molecule has 0 radical (unpaired) electrons. The number of nitro benzene ring substituents is 1. The Morgan fingerprint density at radius 1 is 1.28 bits per heavy atom. The number of benzene rings is 2. The molecule has 0 aliphatic carbocycles. The van der Waals surface area contributed by atoms with Crippen LogP contribution in [0.15, 0.2) is 42.0 Å². The van der Waals surface area contributed by atoms with Crippen molar-refractivity contribution in [2.75, 3.05) is 5.32 Å². The lowest BCUT2D eigenvalue weighted by atomic mass is 10.1. The molecule has 9 heteroatoms. The number of hydrogen-bond acceptors (Lipinski definition) is 5. The smallest absolute Gasteiger partial charge is 0.273 e. The second-order valence-electron chi connectivity index (χ2n) is 4.75. The van der Waals surface area contributed by atoms with Crippen LogP contribution in [-0.2, 0) is 4.79 Å². The minimum atomic E-state index is -0.808. The highest BCUT2D eigenvalue weighted by atomic mass is 35.5. The SMILES string of the molecule is N#CC(=Cc1ccc(Cl)cc1Cl)C(=O)Nc1ccc([N+](=O)[O-])cc1O.